The number of pyridine rings is 1. The highest BCUT2D eigenvalue weighted by molar-refractivity contribution is 7.89. The highest BCUT2D eigenvalue weighted by Crippen LogP contribution is 2.18. The number of rotatable bonds is 9. The predicted octanol–water partition coefficient (Wildman–Crippen LogP) is 1.83. The van der Waals surface area contributed by atoms with E-state index in [9.17, 15) is 22.8 Å². The summed E-state index contributed by atoms with van der Waals surface area (Å²) in [4.78, 5) is 42.4. The van der Waals surface area contributed by atoms with Gasteiger partial charge in [0, 0.05) is 19.3 Å². The summed E-state index contributed by atoms with van der Waals surface area (Å²) in [6, 6.07) is 11.8. The van der Waals surface area contributed by atoms with E-state index in [0.29, 0.717) is 25.8 Å². The molecule has 1 fully saturated rings. The van der Waals surface area contributed by atoms with Crippen LogP contribution in [-0.4, -0.2) is 60.6 Å². The second-order valence-corrected chi connectivity index (χ2v) is 11.1. The summed E-state index contributed by atoms with van der Waals surface area (Å²) in [5.41, 5.74) is 0.923. The van der Waals surface area contributed by atoms with Crippen LogP contribution < -0.4 is 16.0 Å². The van der Waals surface area contributed by atoms with E-state index in [1.54, 1.807) is 12.1 Å². The van der Waals surface area contributed by atoms with Gasteiger partial charge in [-0.2, -0.15) is 4.31 Å². The molecule has 3 N–H and O–H groups in total. The number of hydrogen-bond donors (Lipinski definition) is 3. The second-order valence-electron chi connectivity index (χ2n) is 9.17. The van der Waals surface area contributed by atoms with Gasteiger partial charge in [0.05, 0.1) is 12.6 Å². The van der Waals surface area contributed by atoms with Crippen LogP contribution in [0, 0.1) is 5.92 Å². The van der Waals surface area contributed by atoms with Gasteiger partial charge in [-0.3, -0.25) is 9.59 Å². The summed E-state index contributed by atoms with van der Waals surface area (Å²) >= 11 is 0. The Hall–Kier alpha value is -3.31. The first-order chi connectivity index (χ1) is 17.2. The molecule has 3 amide bonds. The fourth-order valence-electron chi connectivity index (χ4n) is 3.95. The van der Waals surface area contributed by atoms with Crippen molar-refractivity contribution in [2.45, 2.75) is 56.8 Å². The first-order valence-electron chi connectivity index (χ1n) is 12.0. The lowest BCUT2D eigenvalue weighted by Gasteiger charge is -2.23. The molecule has 3 rings (SSSR count). The van der Waals surface area contributed by atoms with Crippen molar-refractivity contribution in [3.63, 3.8) is 0 Å². The maximum atomic E-state index is 13.1. The Morgan fingerprint density at radius 3 is 2.50 bits per heavy atom. The molecule has 2 unspecified atom stereocenters. The molecule has 0 aliphatic carbocycles. The Kier molecular flexibility index (Phi) is 9.54. The van der Waals surface area contributed by atoms with E-state index in [1.165, 1.54) is 12.3 Å². The first kappa shape index (κ1) is 27.3. The molecule has 11 heteroatoms. The third kappa shape index (κ3) is 7.59. The Balaban J connectivity index is 1.61. The third-order valence-corrected chi connectivity index (χ3v) is 7.57. The molecule has 0 spiro atoms. The van der Waals surface area contributed by atoms with Crippen LogP contribution in [0.3, 0.4) is 0 Å². The summed E-state index contributed by atoms with van der Waals surface area (Å²) in [6.07, 6.45) is 2.45. The zero-order valence-electron chi connectivity index (χ0n) is 20.5. The van der Waals surface area contributed by atoms with Gasteiger partial charge in [0.1, 0.15) is 6.04 Å². The summed E-state index contributed by atoms with van der Waals surface area (Å²) < 4.78 is 26.9. The molecule has 1 aromatic heterocycles. The third-order valence-electron chi connectivity index (χ3n) is 5.80. The average molecular weight is 516 g/mol. The molecule has 0 radical (unpaired) electrons. The van der Waals surface area contributed by atoms with Crippen LogP contribution >= 0.6 is 0 Å². The fraction of sp³-hybridized carbons (Fsp3) is 0.440. The van der Waals surface area contributed by atoms with E-state index in [1.807, 2.05) is 44.2 Å². The Bertz CT molecular complexity index is 1140. The highest BCUT2D eigenvalue weighted by Gasteiger charge is 2.34. The molecule has 2 aromatic rings. The van der Waals surface area contributed by atoms with Crippen molar-refractivity contribution in [2.24, 2.45) is 5.92 Å². The zero-order chi connectivity index (χ0) is 26.1. The lowest BCUT2D eigenvalue weighted by molar-refractivity contribution is -0.129. The Morgan fingerprint density at radius 1 is 1.11 bits per heavy atom. The largest absolute Gasteiger partial charge is 0.344 e. The lowest BCUT2D eigenvalue weighted by Crippen LogP contribution is -2.54. The summed E-state index contributed by atoms with van der Waals surface area (Å²) in [7, 11) is -3.92. The highest BCUT2D eigenvalue weighted by atomic mass is 32.2. The van der Waals surface area contributed by atoms with Crippen molar-refractivity contribution < 1.29 is 22.8 Å². The molecule has 0 bridgehead atoms. The minimum Gasteiger partial charge on any atom is -0.344 e. The van der Waals surface area contributed by atoms with Gasteiger partial charge in [0.2, 0.25) is 5.91 Å². The number of benzene rings is 1. The van der Waals surface area contributed by atoms with Crippen molar-refractivity contribution in [3.8, 4) is 0 Å². The number of carbonyl (C=O) groups is 3. The van der Waals surface area contributed by atoms with Crippen LogP contribution in [0.5, 0.6) is 0 Å². The molecule has 0 saturated carbocycles. The average Bonchev–Trinajstić information content (AvgIpc) is 3.05. The monoisotopic (exact) mass is 515 g/mol. The van der Waals surface area contributed by atoms with Gasteiger partial charge in [-0.15, -0.1) is 0 Å². The van der Waals surface area contributed by atoms with Crippen molar-refractivity contribution in [2.75, 3.05) is 13.1 Å². The summed E-state index contributed by atoms with van der Waals surface area (Å²) in [5, 5.41) is 8.06. The molecule has 1 aliphatic rings. The van der Waals surface area contributed by atoms with Gasteiger partial charge >= 0.3 is 6.03 Å². The maximum absolute atomic E-state index is 13.1. The number of urea groups is 1. The van der Waals surface area contributed by atoms with E-state index in [4.69, 9.17) is 0 Å². The first-order valence-corrected chi connectivity index (χ1v) is 13.4. The van der Waals surface area contributed by atoms with E-state index in [0.717, 1.165) is 9.87 Å². The normalized spacial score (nSPS) is 17.8. The molecular weight excluding hydrogens is 482 g/mol. The molecule has 1 saturated heterocycles. The number of Topliss-reactive ketones (excluding diaryl/α,β-unsaturated/α-hetero) is 1. The van der Waals surface area contributed by atoms with Crippen LogP contribution in [-0.2, 0) is 26.2 Å². The zero-order valence-corrected chi connectivity index (χ0v) is 21.3. The minimum atomic E-state index is -3.92. The van der Waals surface area contributed by atoms with Crippen LogP contribution in [0.1, 0.15) is 38.7 Å². The molecule has 10 nitrogen and oxygen atoms in total. The van der Waals surface area contributed by atoms with Gasteiger partial charge in [-0.05, 0) is 42.9 Å². The van der Waals surface area contributed by atoms with Crippen LogP contribution in [0.4, 0.5) is 4.79 Å². The maximum Gasteiger partial charge on any atom is 0.315 e. The topological polar surface area (TPSA) is 138 Å². The molecule has 1 aromatic carbocycles. The molecule has 194 valence electrons. The number of hydrogen-bond acceptors (Lipinski definition) is 6. The lowest BCUT2D eigenvalue weighted by atomic mass is 10.0. The Morgan fingerprint density at radius 2 is 1.83 bits per heavy atom. The number of carbonyl (C=O) groups excluding carboxylic acids is 3. The van der Waals surface area contributed by atoms with Crippen LogP contribution in [0.25, 0.3) is 0 Å². The van der Waals surface area contributed by atoms with E-state index < -0.39 is 39.8 Å². The smallest absolute Gasteiger partial charge is 0.315 e. The van der Waals surface area contributed by atoms with Gasteiger partial charge in [0.25, 0.3) is 10.0 Å². The standard InChI is InChI=1S/C25H33N5O5S/c1-18(2)15-21(29-25(33)27-16-19-9-4-3-5-10-19)24(32)28-20-11-8-14-30(17-22(20)31)36(34,35)23-12-6-7-13-26-23/h3-7,9-10,12-13,18,20-21H,8,11,14-17H2,1-2H3,(H,28,32)(H2,27,29,33). The molecule has 36 heavy (non-hydrogen) atoms. The minimum absolute atomic E-state index is 0.110. The molecule has 2 atom stereocenters. The second kappa shape index (κ2) is 12.6. The number of sulfonamides is 1. The Labute approximate surface area is 211 Å². The van der Waals surface area contributed by atoms with Gasteiger partial charge in [-0.1, -0.05) is 50.2 Å². The number of nitrogens with zero attached hydrogens (tertiary/aromatic N) is 2. The number of amides is 3. The summed E-state index contributed by atoms with van der Waals surface area (Å²) in [6.45, 7) is 3.96. The quantitative estimate of drug-likeness (QED) is 0.466. The number of aromatic nitrogens is 1. The number of ketones is 1. The predicted molar refractivity (Wildman–Crippen MR) is 134 cm³/mol. The van der Waals surface area contributed by atoms with Crippen molar-refractivity contribution in [1.29, 1.82) is 0 Å². The van der Waals surface area contributed by atoms with Gasteiger partial charge in [-0.25, -0.2) is 18.2 Å². The SMILES string of the molecule is CC(C)CC(NC(=O)NCc1ccccc1)C(=O)NC1CCCN(S(=O)(=O)c2ccccn2)CC1=O. The molecule has 2 heterocycles. The molecular formula is C25H33N5O5S. The van der Waals surface area contributed by atoms with Crippen molar-refractivity contribution in [3.05, 3.63) is 60.3 Å². The van der Waals surface area contributed by atoms with E-state index in [-0.39, 0.29) is 24.0 Å². The molecule has 1 aliphatic heterocycles. The van der Waals surface area contributed by atoms with E-state index in [2.05, 4.69) is 20.9 Å². The fourth-order valence-corrected chi connectivity index (χ4v) is 5.32. The van der Waals surface area contributed by atoms with Gasteiger partial charge < -0.3 is 16.0 Å². The van der Waals surface area contributed by atoms with Crippen molar-refractivity contribution in [1.82, 2.24) is 25.2 Å². The summed E-state index contributed by atoms with van der Waals surface area (Å²) in [5.74, 6) is -0.769. The van der Waals surface area contributed by atoms with E-state index >= 15 is 0 Å². The van der Waals surface area contributed by atoms with Crippen molar-refractivity contribution >= 4 is 27.7 Å². The number of nitrogens with one attached hydrogen (secondary N) is 3. The van der Waals surface area contributed by atoms with Gasteiger partial charge in [0.15, 0.2) is 10.8 Å². The van der Waals surface area contributed by atoms with Crippen LogP contribution in [0.15, 0.2) is 59.8 Å². The van der Waals surface area contributed by atoms with Crippen LogP contribution in [0.2, 0.25) is 0 Å².